The number of rotatable bonds is 1. The maximum atomic E-state index is 13.8. The summed E-state index contributed by atoms with van der Waals surface area (Å²) in [5, 5.41) is 19.4. The molecule has 6 heteroatoms. The molecule has 2 heterocycles. The molecule has 1 aliphatic rings. The highest BCUT2D eigenvalue weighted by molar-refractivity contribution is 6.06. The Hall–Kier alpha value is -3.64. The summed E-state index contributed by atoms with van der Waals surface area (Å²) in [6.07, 6.45) is 0. The van der Waals surface area contributed by atoms with Gasteiger partial charge in [-0.25, -0.2) is 0 Å². The lowest BCUT2D eigenvalue weighted by atomic mass is 9.98. The number of carbonyl (C=O) groups is 1. The van der Waals surface area contributed by atoms with Crippen molar-refractivity contribution in [1.82, 2.24) is 9.69 Å². The van der Waals surface area contributed by atoms with E-state index in [0.29, 0.717) is 28.9 Å². The number of aryl methyl sites for hydroxylation is 1. The largest absolute Gasteiger partial charge is 0.334 e. The number of aromatic nitrogens is 1. The van der Waals surface area contributed by atoms with Crippen molar-refractivity contribution in [1.29, 1.82) is 10.5 Å². The maximum Gasteiger partial charge on any atom is 0.298 e. The molecule has 3 aromatic rings. The maximum absolute atomic E-state index is 13.8. The number of benzene rings is 2. The molecule has 0 spiro atoms. The van der Waals surface area contributed by atoms with Crippen LogP contribution < -0.4 is 0 Å². The van der Waals surface area contributed by atoms with Crippen molar-refractivity contribution in [2.75, 3.05) is 6.54 Å². The lowest BCUT2D eigenvalue weighted by Crippen LogP contribution is -2.34. The molecule has 0 unspecified atom stereocenters. The minimum absolute atomic E-state index is 0.0120. The molecule has 1 amide bonds. The van der Waals surface area contributed by atoms with Crippen LogP contribution in [0.3, 0.4) is 0 Å². The van der Waals surface area contributed by atoms with Gasteiger partial charge in [0.25, 0.3) is 5.91 Å². The Balaban J connectivity index is 2.08. The number of hydrogen-bond donors (Lipinski definition) is 0. The van der Waals surface area contributed by atoms with Crippen molar-refractivity contribution in [3.05, 3.63) is 58.8 Å². The van der Waals surface area contributed by atoms with E-state index in [-0.39, 0.29) is 11.7 Å². The fraction of sp³-hybridized carbons (Fsp3) is 0.150. The first kappa shape index (κ1) is 15.9. The summed E-state index contributed by atoms with van der Waals surface area (Å²) in [6, 6.07) is 14.8. The van der Waals surface area contributed by atoms with Crippen LogP contribution in [-0.4, -0.2) is 22.1 Å². The molecule has 1 aliphatic heterocycles. The minimum Gasteiger partial charge on any atom is -0.334 e. The first-order valence-electron chi connectivity index (χ1n) is 8.10. The van der Waals surface area contributed by atoms with E-state index in [2.05, 4.69) is 12.1 Å². The highest BCUT2D eigenvalue weighted by atomic mass is 19.2. The van der Waals surface area contributed by atoms with Crippen LogP contribution in [0.15, 0.2) is 36.4 Å². The Morgan fingerprint density at radius 3 is 2.38 bits per heavy atom. The predicted octanol–water partition coefficient (Wildman–Crippen LogP) is 3.70. The van der Waals surface area contributed by atoms with Gasteiger partial charge < -0.3 is 4.57 Å². The monoisotopic (exact) mass is 344 g/mol. The van der Waals surface area contributed by atoms with Gasteiger partial charge in [0.2, 0.25) is 0 Å². The Morgan fingerprint density at radius 1 is 1.04 bits per heavy atom. The highest BCUT2D eigenvalue weighted by Gasteiger charge is 2.30. The summed E-state index contributed by atoms with van der Waals surface area (Å²) in [7, 11) is 0. The van der Waals surface area contributed by atoms with Crippen LogP contribution in [0.2, 0.25) is 0 Å². The summed E-state index contributed by atoms with van der Waals surface area (Å²) in [6.45, 7) is 2.11. The molecule has 5 nitrogen and oxygen atoms in total. The molecule has 4 rings (SSSR count). The van der Waals surface area contributed by atoms with Gasteiger partial charge in [0, 0.05) is 17.5 Å². The van der Waals surface area contributed by atoms with Crippen molar-refractivity contribution in [3.8, 4) is 23.3 Å². The van der Waals surface area contributed by atoms with Crippen LogP contribution in [0.25, 0.3) is 22.0 Å². The van der Waals surface area contributed by atoms with E-state index in [4.69, 9.17) is 5.26 Å². The fourth-order valence-electron chi connectivity index (χ4n) is 3.57. The molecule has 0 aliphatic carbocycles. The summed E-state index contributed by atoms with van der Waals surface area (Å²) in [4.78, 5) is 12.3. The van der Waals surface area contributed by atoms with Crippen molar-refractivity contribution in [3.63, 3.8) is 0 Å². The molecule has 0 saturated heterocycles. The number of fused-ring (bicyclic) bond motifs is 3. The zero-order valence-electron chi connectivity index (χ0n) is 14.0. The van der Waals surface area contributed by atoms with E-state index in [0.717, 1.165) is 22.0 Å². The number of nitrogens with zero attached hydrogens (tertiary/aromatic N) is 4. The molecule has 0 saturated carbocycles. The average molecular weight is 344 g/mol. The first-order valence-corrected chi connectivity index (χ1v) is 8.10. The summed E-state index contributed by atoms with van der Waals surface area (Å²) < 4.78 is 15.6. The Bertz CT molecular complexity index is 1150. The molecular formula is C20H13FN4O. The average Bonchev–Trinajstić information content (AvgIpc) is 2.97. The van der Waals surface area contributed by atoms with Crippen LogP contribution in [0, 0.1) is 29.6 Å². The smallest absolute Gasteiger partial charge is 0.298 e. The van der Waals surface area contributed by atoms with Gasteiger partial charge in [-0.3, -0.25) is 4.79 Å². The van der Waals surface area contributed by atoms with Crippen molar-refractivity contribution in [2.24, 2.45) is 0 Å². The number of carbonyl (C=O) groups excluding carboxylic acids is 1. The number of hydrogen-bond acceptors (Lipinski definition) is 3. The highest BCUT2D eigenvalue weighted by Crippen LogP contribution is 2.37. The fourth-order valence-corrected chi connectivity index (χ4v) is 3.57. The number of amides is 1. The minimum atomic E-state index is -0.658. The Kier molecular flexibility index (Phi) is 3.49. The predicted molar refractivity (Wildman–Crippen MR) is 93.7 cm³/mol. The van der Waals surface area contributed by atoms with Crippen molar-refractivity contribution < 1.29 is 9.28 Å². The normalized spacial score (nSPS) is 13.4. The third-order valence-corrected chi connectivity index (χ3v) is 4.81. The molecular weight excluding hydrogens is 331 g/mol. The van der Waals surface area contributed by atoms with Gasteiger partial charge in [-0.05, 0) is 42.3 Å². The summed E-state index contributed by atoms with van der Waals surface area (Å²) in [5.41, 5.74) is 4.42. The van der Waals surface area contributed by atoms with Gasteiger partial charge in [0.05, 0.1) is 35.3 Å². The third kappa shape index (κ3) is 2.17. The molecule has 1 aromatic heterocycles. The SMILES string of the molecule is Cc1c2n(c3c(-c4ccc(C#N)cc4)cc(C#N)cc13)CCN(F)C2=O. The van der Waals surface area contributed by atoms with Gasteiger partial charge >= 0.3 is 0 Å². The van der Waals surface area contributed by atoms with Crippen LogP contribution in [0.5, 0.6) is 0 Å². The van der Waals surface area contributed by atoms with Crippen LogP contribution in [0.4, 0.5) is 4.48 Å². The third-order valence-electron chi connectivity index (χ3n) is 4.81. The Morgan fingerprint density at radius 2 is 1.73 bits per heavy atom. The van der Waals surface area contributed by atoms with Crippen LogP contribution >= 0.6 is 0 Å². The second kappa shape index (κ2) is 5.72. The van der Waals surface area contributed by atoms with Gasteiger partial charge in [-0.1, -0.05) is 16.6 Å². The number of nitriles is 2. The van der Waals surface area contributed by atoms with Gasteiger partial charge in [-0.2, -0.15) is 15.6 Å². The topological polar surface area (TPSA) is 72.8 Å². The quantitative estimate of drug-likeness (QED) is 0.632. The van der Waals surface area contributed by atoms with Gasteiger partial charge in [0.15, 0.2) is 0 Å². The zero-order chi connectivity index (χ0) is 18.4. The summed E-state index contributed by atoms with van der Waals surface area (Å²) in [5.74, 6) is -0.658. The Labute approximate surface area is 149 Å². The zero-order valence-corrected chi connectivity index (χ0v) is 14.0. The van der Waals surface area contributed by atoms with Gasteiger partial charge in [0.1, 0.15) is 5.69 Å². The molecule has 0 radical (unpaired) electrons. The standard InChI is InChI=1S/C20H13FN4O/c1-12-16-8-14(11-23)9-17(15-4-2-13(10-22)3-5-15)19(16)24-6-7-25(21)20(26)18(12)24/h2-5,8-9H,6-7H2,1H3. The number of halogens is 1. The second-order valence-corrected chi connectivity index (χ2v) is 6.24. The van der Waals surface area contributed by atoms with Gasteiger partial charge in [-0.15, -0.1) is 0 Å². The lowest BCUT2D eigenvalue weighted by molar-refractivity contribution is 0.0109. The molecule has 0 N–H and O–H groups in total. The van der Waals surface area contributed by atoms with E-state index in [1.165, 1.54) is 0 Å². The van der Waals surface area contributed by atoms with Crippen LogP contribution in [0.1, 0.15) is 27.2 Å². The summed E-state index contributed by atoms with van der Waals surface area (Å²) >= 11 is 0. The van der Waals surface area contributed by atoms with Crippen LogP contribution in [-0.2, 0) is 6.54 Å². The second-order valence-electron chi connectivity index (χ2n) is 6.24. The first-order chi connectivity index (χ1) is 12.5. The molecule has 126 valence electrons. The van der Waals surface area contributed by atoms with Crippen molar-refractivity contribution in [2.45, 2.75) is 13.5 Å². The van der Waals surface area contributed by atoms with E-state index in [9.17, 15) is 14.5 Å². The molecule has 2 aromatic carbocycles. The van der Waals surface area contributed by atoms with E-state index in [1.807, 2.05) is 16.7 Å². The van der Waals surface area contributed by atoms with E-state index in [1.54, 1.807) is 31.2 Å². The molecule has 26 heavy (non-hydrogen) atoms. The molecule has 0 fully saturated rings. The van der Waals surface area contributed by atoms with E-state index < -0.39 is 5.91 Å². The molecule has 0 atom stereocenters. The lowest BCUT2D eigenvalue weighted by Gasteiger charge is -2.22. The van der Waals surface area contributed by atoms with E-state index >= 15 is 0 Å². The molecule has 0 bridgehead atoms. The van der Waals surface area contributed by atoms with Crippen molar-refractivity contribution >= 4 is 16.8 Å².